The van der Waals surface area contributed by atoms with Crippen molar-refractivity contribution in [3.63, 3.8) is 0 Å². The molecule has 1 aromatic rings. The molecule has 1 aromatic carbocycles. The molecule has 0 aliphatic rings. The van der Waals surface area contributed by atoms with Gasteiger partial charge in [-0.3, -0.25) is 0 Å². The van der Waals surface area contributed by atoms with E-state index in [0.717, 1.165) is 0 Å². The summed E-state index contributed by atoms with van der Waals surface area (Å²) >= 11 is 0. The Kier molecular flexibility index (Phi) is 6.77. The molecule has 0 N–H and O–H groups in total. The summed E-state index contributed by atoms with van der Waals surface area (Å²) in [5, 5.41) is 0. The summed E-state index contributed by atoms with van der Waals surface area (Å²) in [6, 6.07) is 6.41. The molecule has 0 heteroatoms. The van der Waals surface area contributed by atoms with Crippen LogP contribution in [0.3, 0.4) is 0 Å². The molecule has 0 spiro atoms. The first-order valence-corrected chi connectivity index (χ1v) is 5.74. The van der Waals surface area contributed by atoms with Crippen molar-refractivity contribution in [1.82, 2.24) is 0 Å². The van der Waals surface area contributed by atoms with Crippen molar-refractivity contribution in [2.45, 2.75) is 48.0 Å². The molecule has 0 radical (unpaired) electrons. The van der Waals surface area contributed by atoms with E-state index in [2.05, 4.69) is 65.8 Å². The Hall–Kier alpha value is -1.04. The van der Waals surface area contributed by atoms with Crippen LogP contribution in [0.1, 0.15) is 50.8 Å². The van der Waals surface area contributed by atoms with E-state index in [9.17, 15) is 0 Å². The molecular formula is C15H24. The maximum atomic E-state index is 2.24. The van der Waals surface area contributed by atoms with E-state index in [1.54, 1.807) is 0 Å². The minimum absolute atomic E-state index is 1.25. The highest BCUT2D eigenvalue weighted by Crippen LogP contribution is 2.16. The van der Waals surface area contributed by atoms with Crippen LogP contribution in [0.25, 0.3) is 6.08 Å². The molecule has 84 valence electrons. The van der Waals surface area contributed by atoms with Crippen molar-refractivity contribution in [2.75, 3.05) is 0 Å². The molecule has 0 saturated carbocycles. The van der Waals surface area contributed by atoms with Crippen molar-refractivity contribution in [3.8, 4) is 0 Å². The third kappa shape index (κ3) is 5.41. The molecule has 0 atom stereocenters. The maximum absolute atomic E-state index is 2.24. The predicted molar refractivity (Wildman–Crippen MR) is 71.2 cm³/mol. The second-order valence-electron chi connectivity index (χ2n) is 4.23. The Labute approximate surface area is 95.0 Å². The van der Waals surface area contributed by atoms with Gasteiger partial charge in [0.25, 0.3) is 0 Å². The van der Waals surface area contributed by atoms with Crippen LogP contribution in [0.15, 0.2) is 23.8 Å². The Morgan fingerprint density at radius 2 is 1.47 bits per heavy atom. The third-order valence-electron chi connectivity index (χ3n) is 1.98. The standard InChI is InChI=1S/C12H16.C3H8/c1-9(2)8-12-10(3)6-5-7-11(12)4;1-3-2/h5-8H,1-4H3;3H2,1-2H3. The number of allylic oxidation sites excluding steroid dienone is 1. The van der Waals surface area contributed by atoms with E-state index < -0.39 is 0 Å². The van der Waals surface area contributed by atoms with Crippen LogP contribution in [0.5, 0.6) is 0 Å². The molecule has 0 amide bonds. The van der Waals surface area contributed by atoms with Crippen molar-refractivity contribution in [1.29, 1.82) is 0 Å². The first-order valence-electron chi connectivity index (χ1n) is 5.74. The topological polar surface area (TPSA) is 0 Å². The molecule has 0 aliphatic heterocycles. The van der Waals surface area contributed by atoms with Gasteiger partial charge in [-0.05, 0) is 44.4 Å². The minimum Gasteiger partial charge on any atom is -0.0758 e. The monoisotopic (exact) mass is 204 g/mol. The summed E-state index contributed by atoms with van der Waals surface area (Å²) in [6.07, 6.45) is 3.49. The number of rotatable bonds is 1. The Bertz CT molecular complexity index is 295. The molecule has 1 rings (SSSR count). The molecule has 0 bridgehead atoms. The summed E-state index contributed by atoms with van der Waals surface area (Å²) in [5.41, 5.74) is 5.44. The van der Waals surface area contributed by atoms with Gasteiger partial charge in [0, 0.05) is 0 Å². The molecule has 0 aliphatic carbocycles. The summed E-state index contributed by atoms with van der Waals surface area (Å²) < 4.78 is 0. The van der Waals surface area contributed by atoms with E-state index >= 15 is 0 Å². The van der Waals surface area contributed by atoms with Crippen molar-refractivity contribution >= 4 is 6.08 Å². The van der Waals surface area contributed by atoms with Gasteiger partial charge in [0.2, 0.25) is 0 Å². The fourth-order valence-corrected chi connectivity index (χ4v) is 1.34. The maximum Gasteiger partial charge on any atom is -0.0199 e. The van der Waals surface area contributed by atoms with E-state index in [4.69, 9.17) is 0 Å². The Morgan fingerprint density at radius 3 is 1.80 bits per heavy atom. The summed E-state index contributed by atoms with van der Waals surface area (Å²) in [6.45, 7) is 12.8. The van der Waals surface area contributed by atoms with Gasteiger partial charge in [0.05, 0.1) is 0 Å². The molecule has 0 heterocycles. The average molecular weight is 204 g/mol. The lowest BCUT2D eigenvalue weighted by Crippen LogP contribution is -1.85. The third-order valence-corrected chi connectivity index (χ3v) is 1.98. The van der Waals surface area contributed by atoms with Gasteiger partial charge < -0.3 is 0 Å². The van der Waals surface area contributed by atoms with Crippen molar-refractivity contribution in [3.05, 3.63) is 40.5 Å². The van der Waals surface area contributed by atoms with E-state index in [-0.39, 0.29) is 0 Å². The zero-order valence-corrected chi connectivity index (χ0v) is 11.0. The number of aryl methyl sites for hydroxylation is 2. The van der Waals surface area contributed by atoms with Crippen LogP contribution >= 0.6 is 0 Å². The molecule has 0 saturated heterocycles. The van der Waals surface area contributed by atoms with Gasteiger partial charge in [-0.1, -0.05) is 50.1 Å². The smallest absolute Gasteiger partial charge is 0.0199 e. The lowest BCUT2D eigenvalue weighted by atomic mass is 10.0. The second kappa shape index (κ2) is 7.28. The summed E-state index contributed by atoms with van der Waals surface area (Å²) in [7, 11) is 0. The average Bonchev–Trinajstić information content (AvgIpc) is 2.12. The zero-order valence-electron chi connectivity index (χ0n) is 11.0. The molecule has 0 aromatic heterocycles. The van der Waals surface area contributed by atoms with Crippen LogP contribution in [0.4, 0.5) is 0 Å². The van der Waals surface area contributed by atoms with Crippen LogP contribution in [-0.4, -0.2) is 0 Å². The highest BCUT2D eigenvalue weighted by atomic mass is 14.0. The van der Waals surface area contributed by atoms with Crippen molar-refractivity contribution in [2.24, 2.45) is 0 Å². The highest BCUT2D eigenvalue weighted by molar-refractivity contribution is 5.59. The Morgan fingerprint density at radius 1 is 1.07 bits per heavy atom. The largest absolute Gasteiger partial charge is 0.0758 e. The molecule has 0 unspecified atom stereocenters. The quantitative estimate of drug-likeness (QED) is 0.594. The normalized spacial score (nSPS) is 8.93. The minimum atomic E-state index is 1.25. The van der Waals surface area contributed by atoms with Gasteiger partial charge in [-0.25, -0.2) is 0 Å². The first kappa shape index (κ1) is 14.0. The van der Waals surface area contributed by atoms with Gasteiger partial charge in [0.15, 0.2) is 0 Å². The highest BCUT2D eigenvalue weighted by Gasteiger charge is 1.96. The number of hydrogen-bond acceptors (Lipinski definition) is 0. The zero-order chi connectivity index (χ0) is 11.8. The molecular weight excluding hydrogens is 180 g/mol. The summed E-state index contributed by atoms with van der Waals surface area (Å²) in [4.78, 5) is 0. The second-order valence-corrected chi connectivity index (χ2v) is 4.23. The first-order chi connectivity index (χ1) is 7.02. The number of benzene rings is 1. The van der Waals surface area contributed by atoms with E-state index in [1.165, 1.54) is 28.7 Å². The van der Waals surface area contributed by atoms with Crippen LogP contribution in [-0.2, 0) is 0 Å². The summed E-state index contributed by atoms with van der Waals surface area (Å²) in [5.74, 6) is 0. The molecule has 0 fully saturated rings. The van der Waals surface area contributed by atoms with Crippen LogP contribution in [0.2, 0.25) is 0 Å². The van der Waals surface area contributed by atoms with E-state index in [1.807, 2.05) is 0 Å². The lowest BCUT2D eigenvalue weighted by Gasteiger charge is -2.04. The number of hydrogen-bond donors (Lipinski definition) is 0. The van der Waals surface area contributed by atoms with Crippen LogP contribution < -0.4 is 0 Å². The molecule has 15 heavy (non-hydrogen) atoms. The fraction of sp³-hybridized carbons (Fsp3) is 0.467. The van der Waals surface area contributed by atoms with Gasteiger partial charge in [0.1, 0.15) is 0 Å². The predicted octanol–water partition coefficient (Wildman–Crippen LogP) is 5.14. The van der Waals surface area contributed by atoms with Crippen LogP contribution in [0, 0.1) is 13.8 Å². The van der Waals surface area contributed by atoms with Gasteiger partial charge >= 0.3 is 0 Å². The van der Waals surface area contributed by atoms with Gasteiger partial charge in [-0.15, -0.1) is 0 Å². The van der Waals surface area contributed by atoms with Crippen molar-refractivity contribution < 1.29 is 0 Å². The van der Waals surface area contributed by atoms with Gasteiger partial charge in [-0.2, -0.15) is 0 Å². The Balaban J connectivity index is 0.000000583. The fourth-order valence-electron chi connectivity index (χ4n) is 1.34. The SMILES string of the molecule is CC(C)=Cc1c(C)cccc1C.CCC. The molecule has 0 nitrogen and oxygen atoms in total. The lowest BCUT2D eigenvalue weighted by molar-refractivity contribution is 1.09. The van der Waals surface area contributed by atoms with E-state index in [0.29, 0.717) is 0 Å².